The summed E-state index contributed by atoms with van der Waals surface area (Å²) in [5, 5.41) is 11.9. The van der Waals surface area contributed by atoms with Gasteiger partial charge < -0.3 is 5.32 Å². The van der Waals surface area contributed by atoms with Gasteiger partial charge in [0.2, 0.25) is 0 Å². The summed E-state index contributed by atoms with van der Waals surface area (Å²) in [4.78, 5) is 21.5. The van der Waals surface area contributed by atoms with Crippen LogP contribution in [0.4, 0.5) is 5.69 Å². The number of aromatic nitrogens is 5. The third-order valence-electron chi connectivity index (χ3n) is 4.22. The summed E-state index contributed by atoms with van der Waals surface area (Å²) >= 11 is 4.83. The van der Waals surface area contributed by atoms with Crippen molar-refractivity contribution < 1.29 is 4.79 Å². The largest absolute Gasteiger partial charge is 0.320 e. The number of carbonyl (C=O) groups excluding carboxylic acids is 1. The molecule has 4 aromatic rings. The van der Waals surface area contributed by atoms with Crippen LogP contribution in [0.3, 0.4) is 0 Å². The first-order valence-electron chi connectivity index (χ1n) is 9.08. The number of hydrogen-bond acceptors (Lipinski definition) is 6. The second kappa shape index (κ2) is 9.19. The zero-order valence-electron chi connectivity index (χ0n) is 16.0. The number of halogens is 1. The van der Waals surface area contributed by atoms with Gasteiger partial charge in [-0.15, -0.1) is 5.10 Å². The van der Waals surface area contributed by atoms with Crippen LogP contribution < -0.4 is 5.32 Å². The topological polar surface area (TPSA) is 85.6 Å². The lowest BCUT2D eigenvalue weighted by molar-refractivity contribution is 0.102. The first kappa shape index (κ1) is 20.2. The lowest BCUT2D eigenvalue weighted by Crippen LogP contribution is -2.15. The molecule has 0 bridgehead atoms. The molecule has 150 valence electrons. The maximum atomic E-state index is 13.0. The molecule has 2 heterocycles. The van der Waals surface area contributed by atoms with Crippen molar-refractivity contribution in [3.8, 4) is 5.69 Å². The normalized spacial score (nSPS) is 10.7. The molecule has 30 heavy (non-hydrogen) atoms. The Morgan fingerprint density at radius 1 is 1.10 bits per heavy atom. The van der Waals surface area contributed by atoms with Crippen molar-refractivity contribution in [2.75, 3.05) is 5.32 Å². The predicted molar refractivity (Wildman–Crippen MR) is 120 cm³/mol. The van der Waals surface area contributed by atoms with Gasteiger partial charge in [-0.2, -0.15) is 0 Å². The van der Waals surface area contributed by atoms with Crippen molar-refractivity contribution in [1.82, 2.24) is 25.0 Å². The van der Waals surface area contributed by atoms with E-state index in [0.29, 0.717) is 22.3 Å². The predicted octanol–water partition coefficient (Wildman–Crippen LogP) is 4.67. The number of amides is 1. The van der Waals surface area contributed by atoms with E-state index >= 15 is 0 Å². The molecular weight excluding hydrogens is 464 g/mol. The Morgan fingerprint density at radius 3 is 2.60 bits per heavy atom. The second-order valence-corrected chi connectivity index (χ2v) is 8.27. The van der Waals surface area contributed by atoms with E-state index in [2.05, 4.69) is 41.5 Å². The second-order valence-electron chi connectivity index (χ2n) is 6.42. The van der Waals surface area contributed by atoms with E-state index in [1.807, 2.05) is 55.5 Å². The Kier molecular flexibility index (Phi) is 6.20. The zero-order valence-corrected chi connectivity index (χ0v) is 18.4. The van der Waals surface area contributed by atoms with Crippen LogP contribution in [0.15, 0.2) is 76.6 Å². The molecule has 1 N–H and O–H groups in total. The monoisotopic (exact) mass is 480 g/mol. The van der Waals surface area contributed by atoms with Gasteiger partial charge in [0.1, 0.15) is 0 Å². The summed E-state index contributed by atoms with van der Waals surface area (Å²) in [5.41, 5.74) is 3.58. The lowest BCUT2D eigenvalue weighted by atomic mass is 10.2. The van der Waals surface area contributed by atoms with Crippen molar-refractivity contribution in [3.05, 3.63) is 88.4 Å². The molecule has 0 unspecified atom stereocenters. The molecule has 1 amide bonds. The molecule has 0 aliphatic rings. The highest BCUT2D eigenvalue weighted by Gasteiger charge is 2.21. The number of rotatable bonds is 6. The smallest absolute Gasteiger partial charge is 0.278 e. The number of anilines is 1. The minimum absolute atomic E-state index is 0.263. The Hall–Kier alpha value is -3.04. The molecule has 0 aliphatic carbocycles. The quantitative estimate of drug-likeness (QED) is 0.318. The molecule has 0 aliphatic heterocycles. The van der Waals surface area contributed by atoms with E-state index in [0.717, 1.165) is 15.7 Å². The highest BCUT2D eigenvalue weighted by Crippen LogP contribution is 2.24. The minimum atomic E-state index is -0.323. The molecule has 7 nitrogen and oxygen atoms in total. The van der Waals surface area contributed by atoms with E-state index < -0.39 is 0 Å². The summed E-state index contributed by atoms with van der Waals surface area (Å²) in [7, 11) is 0. The number of carbonyl (C=O) groups is 1. The average Bonchev–Trinajstić information content (AvgIpc) is 3.17. The summed E-state index contributed by atoms with van der Waals surface area (Å²) < 4.78 is 2.56. The molecular formula is C21H17BrN6OS. The fraction of sp³-hybridized carbons (Fsp3) is 0.0952. The van der Waals surface area contributed by atoms with Crippen LogP contribution in [-0.2, 0) is 5.75 Å². The molecule has 9 heteroatoms. The van der Waals surface area contributed by atoms with Crippen LogP contribution in [-0.4, -0.2) is 30.9 Å². The van der Waals surface area contributed by atoms with Gasteiger partial charge in [0.15, 0.2) is 10.9 Å². The van der Waals surface area contributed by atoms with E-state index in [1.165, 1.54) is 11.8 Å². The number of nitrogens with one attached hydrogen (secondary N) is 1. The molecule has 0 fully saturated rings. The van der Waals surface area contributed by atoms with E-state index in [1.54, 1.807) is 23.1 Å². The van der Waals surface area contributed by atoms with Crippen LogP contribution in [0.1, 0.15) is 21.7 Å². The SMILES string of the molecule is Cc1ccc(-n2nnc(C(=O)Nc3cccc(Br)c3)c2CSc2ncccn2)cc1. The fourth-order valence-electron chi connectivity index (χ4n) is 2.75. The summed E-state index contributed by atoms with van der Waals surface area (Å²) in [6.45, 7) is 2.02. The summed E-state index contributed by atoms with van der Waals surface area (Å²) in [6.07, 6.45) is 3.37. The van der Waals surface area contributed by atoms with Crippen LogP contribution in [0.5, 0.6) is 0 Å². The number of thioether (sulfide) groups is 1. The molecule has 0 radical (unpaired) electrons. The number of benzene rings is 2. The van der Waals surface area contributed by atoms with Gasteiger partial charge >= 0.3 is 0 Å². The van der Waals surface area contributed by atoms with Gasteiger partial charge in [0.05, 0.1) is 11.4 Å². The van der Waals surface area contributed by atoms with E-state index in [4.69, 9.17) is 0 Å². The molecule has 2 aromatic heterocycles. The van der Waals surface area contributed by atoms with E-state index in [-0.39, 0.29) is 11.6 Å². The Balaban J connectivity index is 1.66. The molecule has 0 spiro atoms. The number of hydrogen-bond donors (Lipinski definition) is 1. The Labute approximate surface area is 186 Å². The first-order valence-corrected chi connectivity index (χ1v) is 10.9. The fourth-order valence-corrected chi connectivity index (χ4v) is 3.95. The van der Waals surface area contributed by atoms with E-state index in [9.17, 15) is 4.79 Å². The van der Waals surface area contributed by atoms with Crippen LogP contribution >= 0.6 is 27.7 Å². The molecule has 0 atom stereocenters. The maximum Gasteiger partial charge on any atom is 0.278 e. The van der Waals surface area contributed by atoms with Gasteiger partial charge in [-0.05, 0) is 43.3 Å². The molecule has 4 rings (SSSR count). The van der Waals surface area contributed by atoms with Crippen molar-refractivity contribution in [1.29, 1.82) is 0 Å². The summed E-state index contributed by atoms with van der Waals surface area (Å²) in [5.74, 6) is 0.114. The van der Waals surface area contributed by atoms with Crippen LogP contribution in [0.25, 0.3) is 5.69 Å². The van der Waals surface area contributed by atoms with Crippen molar-refractivity contribution >= 4 is 39.3 Å². The Bertz CT molecular complexity index is 1160. The third-order valence-corrected chi connectivity index (χ3v) is 5.60. The number of aryl methyl sites for hydroxylation is 1. The van der Waals surface area contributed by atoms with Crippen molar-refractivity contribution in [2.45, 2.75) is 17.8 Å². The standard InChI is InChI=1S/C21H17BrN6OS/c1-14-6-8-17(9-7-14)28-18(13-30-21-23-10-3-11-24-21)19(26-27-28)20(29)25-16-5-2-4-15(22)12-16/h2-12H,13H2,1H3,(H,25,29). The summed E-state index contributed by atoms with van der Waals surface area (Å²) in [6, 6.07) is 17.1. The molecule has 0 saturated heterocycles. The minimum Gasteiger partial charge on any atom is -0.320 e. The first-order chi connectivity index (χ1) is 14.6. The molecule has 0 saturated carbocycles. The van der Waals surface area contributed by atoms with Crippen LogP contribution in [0, 0.1) is 6.92 Å². The Morgan fingerprint density at radius 2 is 1.87 bits per heavy atom. The lowest BCUT2D eigenvalue weighted by Gasteiger charge is -2.09. The van der Waals surface area contributed by atoms with Gasteiger partial charge in [-0.1, -0.05) is 56.7 Å². The average molecular weight is 481 g/mol. The van der Waals surface area contributed by atoms with Crippen molar-refractivity contribution in [2.24, 2.45) is 0 Å². The molecule has 2 aromatic carbocycles. The number of nitrogens with zero attached hydrogens (tertiary/aromatic N) is 5. The van der Waals surface area contributed by atoms with Gasteiger partial charge in [-0.25, -0.2) is 14.6 Å². The van der Waals surface area contributed by atoms with Crippen molar-refractivity contribution in [3.63, 3.8) is 0 Å². The van der Waals surface area contributed by atoms with Gasteiger partial charge in [-0.3, -0.25) is 4.79 Å². The highest BCUT2D eigenvalue weighted by molar-refractivity contribution is 9.10. The van der Waals surface area contributed by atoms with Gasteiger partial charge in [0, 0.05) is 28.3 Å². The third kappa shape index (κ3) is 4.74. The maximum absolute atomic E-state index is 13.0. The zero-order chi connectivity index (χ0) is 20.9. The van der Waals surface area contributed by atoms with Gasteiger partial charge in [0.25, 0.3) is 5.91 Å². The highest BCUT2D eigenvalue weighted by atomic mass is 79.9. The van der Waals surface area contributed by atoms with Crippen LogP contribution in [0.2, 0.25) is 0 Å².